The summed E-state index contributed by atoms with van der Waals surface area (Å²) < 4.78 is 0. The Bertz CT molecular complexity index is 3890. The molecule has 10 heteroatoms. The van der Waals surface area contributed by atoms with Crippen LogP contribution in [0.5, 0.6) is 0 Å². The fraction of sp³-hybridized carbons (Fsp3) is 0.182. The number of fused-ring (bicyclic) bond motifs is 3. The highest BCUT2D eigenvalue weighted by atomic mass is 16.4. The van der Waals surface area contributed by atoms with Crippen molar-refractivity contribution in [1.82, 2.24) is 0 Å². The van der Waals surface area contributed by atoms with Gasteiger partial charge >= 0.3 is 11.9 Å². The first-order valence-corrected chi connectivity index (χ1v) is 25.8. The first kappa shape index (κ1) is 48.0. The standard InChI is InChI=1S/C66H52N2O8/c1-31(2)39-11-9-12-40(32(3)4)59(39)67-61(69)47-27-23-43-51(35-15-19-37(20-16-35)65(73)74)58-46-26-30-50-56-48(62(70)68(64(50)72)60-41(33(5)6)13-10-14-42(60)34(7)8)28-24-44(54(46)56)52(36-17-21-38(22-18-36)66(75)76)57(58)45-25-29-49(63(67)71)55(47)53(43)45/h9-34H,1-8H3,(H,73,74)(H,75,76). The molecule has 0 fully saturated rings. The Morgan fingerprint density at radius 3 is 0.882 bits per heavy atom. The lowest BCUT2D eigenvalue weighted by molar-refractivity contribution is 0.0686. The first-order valence-electron chi connectivity index (χ1n) is 25.8. The molecule has 0 unspecified atom stereocenters. The summed E-state index contributed by atoms with van der Waals surface area (Å²) in [5.41, 5.74) is 8.84. The van der Waals surface area contributed by atoms with E-state index < -0.39 is 35.6 Å². The van der Waals surface area contributed by atoms with Crippen LogP contribution in [0.15, 0.2) is 133 Å². The van der Waals surface area contributed by atoms with Crippen molar-refractivity contribution in [2.75, 3.05) is 9.80 Å². The quantitative estimate of drug-likeness (QED) is 0.0781. The van der Waals surface area contributed by atoms with E-state index in [-0.39, 0.29) is 34.8 Å². The minimum Gasteiger partial charge on any atom is -0.478 e. The van der Waals surface area contributed by atoms with Gasteiger partial charge in [-0.05, 0) is 160 Å². The fourth-order valence-electron chi connectivity index (χ4n) is 12.4. The van der Waals surface area contributed by atoms with Gasteiger partial charge in [-0.25, -0.2) is 19.4 Å². The van der Waals surface area contributed by atoms with Gasteiger partial charge in [0.1, 0.15) is 0 Å². The van der Waals surface area contributed by atoms with E-state index in [1.807, 2.05) is 116 Å². The summed E-state index contributed by atoms with van der Waals surface area (Å²) in [7, 11) is 0. The summed E-state index contributed by atoms with van der Waals surface area (Å²) in [5.74, 6) is -4.04. The molecule has 0 bridgehead atoms. The molecule has 2 N–H and O–H groups in total. The van der Waals surface area contributed by atoms with Gasteiger partial charge in [-0.1, -0.05) is 140 Å². The van der Waals surface area contributed by atoms with Gasteiger partial charge in [-0.3, -0.25) is 19.2 Å². The molecule has 0 radical (unpaired) electrons. The Kier molecular flexibility index (Phi) is 10.9. The minimum atomic E-state index is -1.10. The Morgan fingerprint density at radius 2 is 0.618 bits per heavy atom. The maximum absolute atomic E-state index is 15.4. The van der Waals surface area contributed by atoms with Crippen LogP contribution >= 0.6 is 0 Å². The molecule has 0 saturated heterocycles. The molecule has 0 spiro atoms. The molecule has 0 aliphatic carbocycles. The molecular formula is C66H52N2O8. The molecule has 4 amide bonds. The summed E-state index contributed by atoms with van der Waals surface area (Å²) in [4.78, 5) is 89.0. The molecule has 374 valence electrons. The zero-order valence-electron chi connectivity index (χ0n) is 43.2. The molecule has 0 saturated carbocycles. The lowest BCUT2D eigenvalue weighted by atomic mass is 9.77. The van der Waals surface area contributed by atoms with Gasteiger partial charge in [0.05, 0.1) is 22.5 Å². The van der Waals surface area contributed by atoms with Gasteiger partial charge in [-0.2, -0.15) is 0 Å². The molecule has 10 aromatic carbocycles. The number of anilines is 2. The normalized spacial score (nSPS) is 13.7. The third kappa shape index (κ3) is 6.72. The monoisotopic (exact) mass is 1000 g/mol. The van der Waals surface area contributed by atoms with Gasteiger partial charge in [0, 0.05) is 33.0 Å². The van der Waals surface area contributed by atoms with Crippen molar-refractivity contribution in [3.63, 3.8) is 0 Å². The molecule has 2 heterocycles. The highest BCUT2D eigenvalue weighted by molar-refractivity contribution is 6.47. The van der Waals surface area contributed by atoms with E-state index in [1.54, 1.807) is 72.8 Å². The molecule has 12 rings (SSSR count). The van der Waals surface area contributed by atoms with E-state index in [0.29, 0.717) is 110 Å². The van der Waals surface area contributed by atoms with Crippen LogP contribution in [0.1, 0.15) is 163 Å². The number of carboxylic acid groups (broad SMARTS) is 2. The summed E-state index contributed by atoms with van der Waals surface area (Å²) in [6.07, 6.45) is 0. The first-order chi connectivity index (χ1) is 36.4. The average Bonchev–Trinajstić information content (AvgIpc) is 3.56. The number of rotatable bonds is 10. The van der Waals surface area contributed by atoms with Gasteiger partial charge < -0.3 is 10.2 Å². The van der Waals surface area contributed by atoms with E-state index in [9.17, 15) is 19.8 Å². The van der Waals surface area contributed by atoms with Crippen molar-refractivity contribution < 1.29 is 39.0 Å². The van der Waals surface area contributed by atoms with Crippen LogP contribution in [-0.4, -0.2) is 45.8 Å². The maximum Gasteiger partial charge on any atom is 0.335 e. The molecule has 0 aromatic heterocycles. The number of para-hydroxylation sites is 2. The summed E-state index contributed by atoms with van der Waals surface area (Å²) >= 11 is 0. The third-order valence-electron chi connectivity index (χ3n) is 15.9. The smallest absolute Gasteiger partial charge is 0.335 e. The van der Waals surface area contributed by atoms with Crippen molar-refractivity contribution in [1.29, 1.82) is 0 Å². The topological polar surface area (TPSA) is 149 Å². The number of hydrogen-bond donors (Lipinski definition) is 2. The molecule has 76 heavy (non-hydrogen) atoms. The van der Waals surface area contributed by atoms with Gasteiger partial charge in [0.25, 0.3) is 23.6 Å². The Balaban J connectivity index is 1.24. The number of amides is 4. The molecular weight excluding hydrogens is 949 g/mol. The minimum absolute atomic E-state index is 0.00563. The van der Waals surface area contributed by atoms with E-state index in [2.05, 4.69) is 0 Å². The van der Waals surface area contributed by atoms with Crippen LogP contribution in [0.4, 0.5) is 11.4 Å². The zero-order valence-corrected chi connectivity index (χ0v) is 43.2. The third-order valence-corrected chi connectivity index (χ3v) is 15.9. The highest BCUT2D eigenvalue weighted by Crippen LogP contribution is 2.54. The summed E-state index contributed by atoms with van der Waals surface area (Å²) in [6, 6.07) is 39.8. The molecule has 10 nitrogen and oxygen atoms in total. The number of imide groups is 2. The molecule has 0 atom stereocenters. The predicted molar refractivity (Wildman–Crippen MR) is 301 cm³/mol. The van der Waals surface area contributed by atoms with E-state index in [4.69, 9.17) is 0 Å². The van der Waals surface area contributed by atoms with Crippen LogP contribution in [0.2, 0.25) is 0 Å². The van der Waals surface area contributed by atoms with Crippen LogP contribution in [0.25, 0.3) is 76.1 Å². The van der Waals surface area contributed by atoms with Crippen molar-refractivity contribution in [3.8, 4) is 22.3 Å². The second kappa shape index (κ2) is 17.3. The second-order valence-electron chi connectivity index (χ2n) is 21.5. The van der Waals surface area contributed by atoms with Gasteiger partial charge in [0.2, 0.25) is 0 Å². The van der Waals surface area contributed by atoms with Crippen molar-refractivity contribution in [2.24, 2.45) is 0 Å². The molecule has 2 aliphatic heterocycles. The highest BCUT2D eigenvalue weighted by Gasteiger charge is 2.41. The van der Waals surface area contributed by atoms with Crippen molar-refractivity contribution >= 4 is 101 Å². The largest absolute Gasteiger partial charge is 0.478 e. The number of aromatic carboxylic acids is 2. The number of nitrogens with zero attached hydrogens (tertiary/aromatic N) is 2. The number of hydrogen-bond acceptors (Lipinski definition) is 6. The maximum atomic E-state index is 15.4. The van der Waals surface area contributed by atoms with Crippen LogP contribution < -0.4 is 9.80 Å². The predicted octanol–water partition coefficient (Wildman–Crippen LogP) is 15.7. The zero-order chi connectivity index (χ0) is 53.5. The van der Waals surface area contributed by atoms with Crippen LogP contribution in [0, 0.1) is 0 Å². The Hall–Kier alpha value is -9.02. The second-order valence-corrected chi connectivity index (χ2v) is 21.5. The Morgan fingerprint density at radius 1 is 0.342 bits per heavy atom. The SMILES string of the molecule is CC(C)c1cccc(C(C)C)c1N1C(=O)c2ccc3c(-c4ccc(C(=O)O)cc4)c4c5ccc6c7c(ccc(c(-c8ccc(C(=O)O)cc8)c4c4ccc(c2c34)C1=O)c75)C(=O)N(c1c(C(C)C)cccc1C(C)C)C6=O. The van der Waals surface area contributed by atoms with Crippen molar-refractivity contribution in [3.05, 3.63) is 189 Å². The van der Waals surface area contributed by atoms with Crippen LogP contribution in [-0.2, 0) is 0 Å². The number of benzene rings is 10. The summed E-state index contributed by atoms with van der Waals surface area (Å²) in [6.45, 7) is 16.4. The number of carboxylic acids is 2. The van der Waals surface area contributed by atoms with Gasteiger partial charge in [-0.15, -0.1) is 0 Å². The Labute approximate surface area is 438 Å². The molecule has 2 aliphatic rings. The van der Waals surface area contributed by atoms with Gasteiger partial charge in [0.15, 0.2) is 0 Å². The summed E-state index contributed by atoms with van der Waals surface area (Å²) in [5, 5.41) is 26.7. The number of carbonyl (C=O) groups excluding carboxylic acids is 4. The fourth-order valence-corrected chi connectivity index (χ4v) is 12.4. The average molecular weight is 1000 g/mol. The van der Waals surface area contributed by atoms with E-state index in [0.717, 1.165) is 22.3 Å². The van der Waals surface area contributed by atoms with Crippen molar-refractivity contribution in [2.45, 2.75) is 79.1 Å². The lowest BCUT2D eigenvalue weighted by Gasteiger charge is -2.33. The lowest BCUT2D eigenvalue weighted by Crippen LogP contribution is -2.41. The number of carbonyl (C=O) groups is 6. The van der Waals surface area contributed by atoms with E-state index >= 15 is 19.2 Å². The molecule has 10 aromatic rings. The van der Waals surface area contributed by atoms with E-state index in [1.165, 1.54) is 9.80 Å². The van der Waals surface area contributed by atoms with Crippen LogP contribution in [0.3, 0.4) is 0 Å².